The highest BCUT2D eigenvalue weighted by Gasteiger charge is 2.30. The van der Waals surface area contributed by atoms with Crippen LogP contribution in [0.15, 0.2) is 47.0 Å². The smallest absolute Gasteiger partial charge is 0.261 e. The molecule has 1 amide bonds. The predicted molar refractivity (Wildman–Crippen MR) is 105 cm³/mol. The van der Waals surface area contributed by atoms with E-state index in [1.807, 2.05) is 30.3 Å². The van der Waals surface area contributed by atoms with Crippen LogP contribution in [0.25, 0.3) is 11.5 Å². The lowest BCUT2D eigenvalue weighted by molar-refractivity contribution is 0.0699. The van der Waals surface area contributed by atoms with E-state index in [0.717, 1.165) is 18.9 Å². The molecule has 4 rings (SSSR count). The number of carbonyl (C=O) groups excluding carboxylic acids is 1. The fraction of sp³-hybridized carbons (Fsp3) is 0.273. The van der Waals surface area contributed by atoms with Gasteiger partial charge in [0.1, 0.15) is 11.6 Å². The molecule has 2 aromatic carbocycles. The number of aromatic nitrogens is 2. The van der Waals surface area contributed by atoms with E-state index in [-0.39, 0.29) is 17.0 Å². The molecule has 7 nitrogen and oxygen atoms in total. The lowest BCUT2D eigenvalue weighted by atomic mass is 9.96. The maximum Gasteiger partial charge on any atom is 0.261 e. The molecule has 3 aromatic rings. The summed E-state index contributed by atoms with van der Waals surface area (Å²) in [7, 11) is 1.57. The quantitative estimate of drug-likeness (QED) is 0.655. The maximum atomic E-state index is 14.3. The van der Waals surface area contributed by atoms with Gasteiger partial charge >= 0.3 is 0 Å². The molecule has 8 heteroatoms. The third kappa shape index (κ3) is 3.74. The fourth-order valence-electron chi connectivity index (χ4n) is 3.63. The number of nitrogens with zero attached hydrogens (tertiary/aromatic N) is 4. The standard InChI is InChI=1S/C22H19FN4O3/c1-29-19-7-3-2-6-17(19)21-25-20(26-30-21)15-5-4-10-27(13-15)22(28)16-9-8-14(12-24)11-18(16)23/h2-3,6-9,11,15H,4-5,10,13H2,1H3/t15-/m1/s1. The van der Waals surface area contributed by atoms with E-state index in [9.17, 15) is 9.18 Å². The molecule has 0 radical (unpaired) electrons. The van der Waals surface area contributed by atoms with Gasteiger partial charge in [-0.05, 0) is 43.2 Å². The Morgan fingerprint density at radius 1 is 1.33 bits per heavy atom. The first kappa shape index (κ1) is 19.6. The average Bonchev–Trinajstić information content (AvgIpc) is 3.29. The number of benzene rings is 2. The van der Waals surface area contributed by atoms with Crippen molar-refractivity contribution >= 4 is 5.91 Å². The van der Waals surface area contributed by atoms with Gasteiger partial charge in [0.15, 0.2) is 5.82 Å². The topological polar surface area (TPSA) is 92.2 Å². The van der Waals surface area contributed by atoms with Crippen LogP contribution in [0.5, 0.6) is 5.75 Å². The number of nitriles is 1. The second kappa shape index (κ2) is 8.33. The number of hydrogen-bond donors (Lipinski definition) is 0. The van der Waals surface area contributed by atoms with Crippen molar-refractivity contribution in [2.75, 3.05) is 20.2 Å². The van der Waals surface area contributed by atoms with Crippen LogP contribution in [0, 0.1) is 17.1 Å². The summed E-state index contributed by atoms with van der Waals surface area (Å²) in [5.41, 5.74) is 0.829. The summed E-state index contributed by atoms with van der Waals surface area (Å²) in [5.74, 6) is 0.271. The molecular formula is C22H19FN4O3. The summed E-state index contributed by atoms with van der Waals surface area (Å²) in [4.78, 5) is 18.9. The molecule has 1 aliphatic rings. The van der Waals surface area contributed by atoms with Crippen LogP contribution < -0.4 is 4.74 Å². The zero-order valence-electron chi connectivity index (χ0n) is 16.3. The Hall–Kier alpha value is -3.73. The molecule has 2 heterocycles. The SMILES string of the molecule is COc1ccccc1-c1nc([C@@H]2CCCN(C(=O)c3ccc(C#N)cc3F)C2)no1. The van der Waals surface area contributed by atoms with Gasteiger partial charge in [0.25, 0.3) is 11.8 Å². The number of rotatable bonds is 4. The number of piperidine rings is 1. The first-order chi connectivity index (χ1) is 14.6. The molecule has 0 saturated carbocycles. The van der Waals surface area contributed by atoms with Gasteiger partial charge in [-0.1, -0.05) is 17.3 Å². The third-order valence-electron chi connectivity index (χ3n) is 5.18. The number of halogens is 1. The Morgan fingerprint density at radius 3 is 2.93 bits per heavy atom. The summed E-state index contributed by atoms with van der Waals surface area (Å²) >= 11 is 0. The molecule has 1 aromatic heterocycles. The first-order valence-electron chi connectivity index (χ1n) is 9.56. The van der Waals surface area contributed by atoms with Gasteiger partial charge in [-0.2, -0.15) is 10.2 Å². The molecule has 0 bridgehead atoms. The number of likely N-dealkylation sites (tertiary alicyclic amines) is 1. The van der Waals surface area contributed by atoms with Crippen LogP contribution in [0.2, 0.25) is 0 Å². The van der Waals surface area contributed by atoms with E-state index in [0.29, 0.717) is 36.1 Å². The van der Waals surface area contributed by atoms with Gasteiger partial charge in [-0.15, -0.1) is 0 Å². The first-order valence-corrected chi connectivity index (χ1v) is 9.56. The zero-order valence-corrected chi connectivity index (χ0v) is 16.3. The number of para-hydroxylation sites is 1. The number of carbonyl (C=O) groups is 1. The van der Waals surface area contributed by atoms with E-state index >= 15 is 0 Å². The van der Waals surface area contributed by atoms with Crippen LogP contribution in [0.1, 0.15) is 40.5 Å². The second-order valence-corrected chi connectivity index (χ2v) is 7.05. The van der Waals surface area contributed by atoms with Gasteiger partial charge < -0.3 is 14.2 Å². The molecule has 0 N–H and O–H groups in total. The molecular weight excluding hydrogens is 387 g/mol. The minimum Gasteiger partial charge on any atom is -0.496 e. The minimum absolute atomic E-state index is 0.0440. The Kier molecular flexibility index (Phi) is 5.44. The number of methoxy groups -OCH3 is 1. The molecule has 0 unspecified atom stereocenters. The van der Waals surface area contributed by atoms with E-state index < -0.39 is 11.7 Å². The van der Waals surface area contributed by atoms with Gasteiger partial charge in [0, 0.05) is 19.0 Å². The summed E-state index contributed by atoms with van der Waals surface area (Å²) in [6, 6.07) is 13.1. The van der Waals surface area contributed by atoms with Gasteiger partial charge in [-0.3, -0.25) is 4.79 Å². The van der Waals surface area contributed by atoms with Gasteiger partial charge in [-0.25, -0.2) is 4.39 Å². The van der Waals surface area contributed by atoms with Crippen LogP contribution in [0.4, 0.5) is 4.39 Å². The summed E-state index contributed by atoms with van der Waals surface area (Å²) in [5, 5.41) is 13.0. The lowest BCUT2D eigenvalue weighted by Crippen LogP contribution is -2.39. The van der Waals surface area contributed by atoms with Crippen LogP contribution in [0.3, 0.4) is 0 Å². The normalized spacial score (nSPS) is 16.2. The van der Waals surface area contributed by atoms with Gasteiger partial charge in [0.2, 0.25) is 0 Å². The molecule has 1 fully saturated rings. The highest BCUT2D eigenvalue weighted by Crippen LogP contribution is 2.31. The van der Waals surface area contributed by atoms with Crippen molar-refractivity contribution in [3.63, 3.8) is 0 Å². The van der Waals surface area contributed by atoms with Gasteiger partial charge in [0.05, 0.1) is 29.9 Å². The van der Waals surface area contributed by atoms with Crippen molar-refractivity contribution < 1.29 is 18.4 Å². The van der Waals surface area contributed by atoms with Crippen molar-refractivity contribution in [2.45, 2.75) is 18.8 Å². The van der Waals surface area contributed by atoms with E-state index in [4.69, 9.17) is 14.5 Å². The Morgan fingerprint density at radius 2 is 2.17 bits per heavy atom. The molecule has 152 valence electrons. The average molecular weight is 406 g/mol. The summed E-state index contributed by atoms with van der Waals surface area (Å²) in [6.07, 6.45) is 1.54. The molecule has 0 aliphatic carbocycles. The number of hydrogen-bond acceptors (Lipinski definition) is 6. The molecule has 1 saturated heterocycles. The third-order valence-corrected chi connectivity index (χ3v) is 5.18. The van der Waals surface area contributed by atoms with Crippen LogP contribution in [-0.4, -0.2) is 41.1 Å². The maximum absolute atomic E-state index is 14.3. The molecule has 1 atom stereocenters. The monoisotopic (exact) mass is 406 g/mol. The van der Waals surface area contributed by atoms with E-state index in [2.05, 4.69) is 10.1 Å². The Bertz CT molecular complexity index is 1120. The van der Waals surface area contributed by atoms with Crippen molar-refractivity contribution in [3.8, 4) is 23.3 Å². The Balaban J connectivity index is 1.53. The lowest BCUT2D eigenvalue weighted by Gasteiger charge is -2.31. The van der Waals surface area contributed by atoms with Crippen molar-refractivity contribution in [1.29, 1.82) is 5.26 Å². The van der Waals surface area contributed by atoms with Crippen molar-refractivity contribution in [2.24, 2.45) is 0 Å². The highest BCUT2D eigenvalue weighted by molar-refractivity contribution is 5.94. The second-order valence-electron chi connectivity index (χ2n) is 7.05. The Labute approximate surface area is 172 Å². The fourth-order valence-corrected chi connectivity index (χ4v) is 3.63. The largest absolute Gasteiger partial charge is 0.496 e. The van der Waals surface area contributed by atoms with E-state index in [1.54, 1.807) is 12.0 Å². The van der Waals surface area contributed by atoms with Crippen molar-refractivity contribution in [3.05, 3.63) is 65.2 Å². The number of ether oxygens (including phenoxy) is 1. The predicted octanol–water partition coefficient (Wildman–Crippen LogP) is 3.78. The number of amides is 1. The minimum atomic E-state index is -0.695. The van der Waals surface area contributed by atoms with Crippen LogP contribution >= 0.6 is 0 Å². The van der Waals surface area contributed by atoms with Crippen molar-refractivity contribution in [1.82, 2.24) is 15.0 Å². The van der Waals surface area contributed by atoms with E-state index in [1.165, 1.54) is 12.1 Å². The summed E-state index contributed by atoms with van der Waals surface area (Å²) < 4.78 is 25.1. The molecule has 30 heavy (non-hydrogen) atoms. The summed E-state index contributed by atoms with van der Waals surface area (Å²) in [6.45, 7) is 0.884. The molecule has 1 aliphatic heterocycles. The zero-order chi connectivity index (χ0) is 21.1. The molecule has 0 spiro atoms. The highest BCUT2D eigenvalue weighted by atomic mass is 19.1. The van der Waals surface area contributed by atoms with Crippen LogP contribution in [-0.2, 0) is 0 Å².